The summed E-state index contributed by atoms with van der Waals surface area (Å²) in [6.07, 6.45) is 2.92. The maximum absolute atomic E-state index is 13.8. The average Bonchev–Trinajstić information content (AvgIpc) is 2.56. The maximum Gasteiger partial charge on any atom is 0.164 e. The molecule has 0 unspecified atom stereocenters. The predicted octanol–water partition coefficient (Wildman–Crippen LogP) is 2.55. The minimum absolute atomic E-state index is 0.247. The summed E-state index contributed by atoms with van der Waals surface area (Å²) in [5, 5.41) is 0. The highest BCUT2D eigenvalue weighted by Gasteiger charge is 2.19. The van der Waals surface area contributed by atoms with E-state index in [2.05, 4.69) is 26.9 Å². The van der Waals surface area contributed by atoms with Gasteiger partial charge in [-0.3, -0.25) is 9.88 Å². The SMILES string of the molecule is COc1cccc(CN2CCN(c3ccncc3F)CC2)c1. The van der Waals surface area contributed by atoms with E-state index in [4.69, 9.17) is 4.74 Å². The summed E-state index contributed by atoms with van der Waals surface area (Å²) in [5.41, 5.74) is 1.89. The van der Waals surface area contributed by atoms with Crippen molar-refractivity contribution in [2.75, 3.05) is 38.2 Å². The Morgan fingerprint density at radius 2 is 2.00 bits per heavy atom. The molecule has 2 aromatic rings. The van der Waals surface area contributed by atoms with Crippen molar-refractivity contribution in [2.45, 2.75) is 6.54 Å². The Labute approximate surface area is 130 Å². The van der Waals surface area contributed by atoms with E-state index in [1.54, 1.807) is 19.4 Å². The van der Waals surface area contributed by atoms with Crippen molar-refractivity contribution in [1.29, 1.82) is 0 Å². The number of halogens is 1. The van der Waals surface area contributed by atoms with Crippen molar-refractivity contribution >= 4 is 5.69 Å². The van der Waals surface area contributed by atoms with Gasteiger partial charge in [-0.15, -0.1) is 0 Å². The lowest BCUT2D eigenvalue weighted by molar-refractivity contribution is 0.249. The fraction of sp³-hybridized carbons (Fsp3) is 0.353. The van der Waals surface area contributed by atoms with Gasteiger partial charge in [0.05, 0.1) is 19.0 Å². The second kappa shape index (κ2) is 6.75. The van der Waals surface area contributed by atoms with Gasteiger partial charge >= 0.3 is 0 Å². The lowest BCUT2D eigenvalue weighted by Crippen LogP contribution is -2.46. The lowest BCUT2D eigenvalue weighted by Gasteiger charge is -2.36. The van der Waals surface area contributed by atoms with Gasteiger partial charge in [-0.2, -0.15) is 0 Å². The molecule has 116 valence electrons. The Kier molecular flexibility index (Phi) is 4.53. The van der Waals surface area contributed by atoms with Crippen molar-refractivity contribution in [2.24, 2.45) is 0 Å². The Morgan fingerprint density at radius 3 is 2.73 bits per heavy atom. The van der Waals surface area contributed by atoms with Crippen molar-refractivity contribution in [3.8, 4) is 5.75 Å². The smallest absolute Gasteiger partial charge is 0.164 e. The summed E-state index contributed by atoms with van der Waals surface area (Å²) in [4.78, 5) is 8.26. The molecule has 2 heterocycles. The largest absolute Gasteiger partial charge is 0.497 e. The van der Waals surface area contributed by atoms with Crippen LogP contribution in [0.3, 0.4) is 0 Å². The number of pyridine rings is 1. The third kappa shape index (κ3) is 3.36. The quantitative estimate of drug-likeness (QED) is 0.868. The van der Waals surface area contributed by atoms with Crippen LogP contribution in [0.5, 0.6) is 5.75 Å². The summed E-state index contributed by atoms with van der Waals surface area (Å²) in [7, 11) is 1.68. The zero-order chi connectivity index (χ0) is 15.4. The molecule has 4 nitrogen and oxygen atoms in total. The molecule has 0 saturated carbocycles. The topological polar surface area (TPSA) is 28.6 Å². The molecule has 3 rings (SSSR count). The molecule has 0 amide bonds. The average molecular weight is 301 g/mol. The Balaban J connectivity index is 1.59. The molecule has 1 fully saturated rings. The normalized spacial score (nSPS) is 15.8. The first-order valence-corrected chi connectivity index (χ1v) is 7.46. The number of benzene rings is 1. The number of anilines is 1. The molecule has 1 aromatic carbocycles. The van der Waals surface area contributed by atoms with E-state index in [9.17, 15) is 4.39 Å². The fourth-order valence-corrected chi connectivity index (χ4v) is 2.80. The molecule has 0 atom stereocenters. The van der Waals surface area contributed by atoms with Gasteiger partial charge in [-0.05, 0) is 23.8 Å². The number of rotatable bonds is 4. The van der Waals surface area contributed by atoms with E-state index < -0.39 is 0 Å². The van der Waals surface area contributed by atoms with E-state index in [0.717, 1.165) is 38.5 Å². The second-order valence-electron chi connectivity index (χ2n) is 5.44. The zero-order valence-corrected chi connectivity index (χ0v) is 12.7. The Morgan fingerprint density at radius 1 is 1.18 bits per heavy atom. The van der Waals surface area contributed by atoms with Gasteiger partial charge in [-0.1, -0.05) is 12.1 Å². The van der Waals surface area contributed by atoms with Crippen LogP contribution in [0.4, 0.5) is 10.1 Å². The van der Waals surface area contributed by atoms with Crippen molar-refractivity contribution < 1.29 is 9.13 Å². The first-order chi connectivity index (χ1) is 10.8. The molecule has 0 bridgehead atoms. The highest BCUT2D eigenvalue weighted by molar-refractivity contribution is 5.46. The maximum atomic E-state index is 13.8. The van der Waals surface area contributed by atoms with Crippen molar-refractivity contribution in [3.63, 3.8) is 0 Å². The minimum atomic E-state index is -0.247. The van der Waals surface area contributed by atoms with Gasteiger partial charge in [0, 0.05) is 38.9 Å². The number of hydrogen-bond acceptors (Lipinski definition) is 4. The third-order valence-electron chi connectivity index (χ3n) is 4.00. The summed E-state index contributed by atoms with van der Waals surface area (Å²) < 4.78 is 19.0. The van der Waals surface area contributed by atoms with Crippen molar-refractivity contribution in [3.05, 3.63) is 54.1 Å². The molecule has 1 aliphatic rings. The number of piperazine rings is 1. The van der Waals surface area contributed by atoms with Gasteiger partial charge in [0.2, 0.25) is 0 Å². The number of hydrogen-bond donors (Lipinski definition) is 0. The predicted molar refractivity (Wildman–Crippen MR) is 84.7 cm³/mol. The number of nitrogens with zero attached hydrogens (tertiary/aromatic N) is 3. The van der Waals surface area contributed by atoms with Gasteiger partial charge in [0.1, 0.15) is 5.75 Å². The van der Waals surface area contributed by atoms with E-state index in [1.807, 2.05) is 12.1 Å². The van der Waals surface area contributed by atoms with Crippen LogP contribution < -0.4 is 9.64 Å². The van der Waals surface area contributed by atoms with Crippen LogP contribution >= 0.6 is 0 Å². The molecule has 1 aliphatic heterocycles. The number of aromatic nitrogens is 1. The number of ether oxygens (including phenoxy) is 1. The van der Waals surface area contributed by atoms with E-state index in [-0.39, 0.29) is 5.82 Å². The molecular formula is C17H20FN3O. The highest BCUT2D eigenvalue weighted by Crippen LogP contribution is 2.20. The van der Waals surface area contributed by atoms with Crippen LogP contribution in [0.25, 0.3) is 0 Å². The van der Waals surface area contributed by atoms with Crippen LogP contribution in [0.2, 0.25) is 0 Å². The summed E-state index contributed by atoms with van der Waals surface area (Å²) in [6.45, 7) is 4.37. The summed E-state index contributed by atoms with van der Waals surface area (Å²) in [6, 6.07) is 9.88. The molecular weight excluding hydrogens is 281 g/mol. The monoisotopic (exact) mass is 301 g/mol. The number of methoxy groups -OCH3 is 1. The zero-order valence-electron chi connectivity index (χ0n) is 12.7. The molecule has 0 aliphatic carbocycles. The van der Waals surface area contributed by atoms with Crippen LogP contribution in [0.15, 0.2) is 42.7 Å². The lowest BCUT2D eigenvalue weighted by atomic mass is 10.2. The Hall–Kier alpha value is -2.14. The molecule has 0 spiro atoms. The molecule has 1 aromatic heterocycles. The van der Waals surface area contributed by atoms with Crippen LogP contribution in [0, 0.1) is 5.82 Å². The Bertz CT molecular complexity index is 627. The van der Waals surface area contributed by atoms with Crippen LogP contribution in [-0.4, -0.2) is 43.2 Å². The van der Waals surface area contributed by atoms with Crippen molar-refractivity contribution in [1.82, 2.24) is 9.88 Å². The van der Waals surface area contributed by atoms with Gasteiger partial charge in [-0.25, -0.2) is 4.39 Å². The summed E-state index contributed by atoms with van der Waals surface area (Å²) in [5.74, 6) is 0.638. The standard InChI is InChI=1S/C17H20FN3O/c1-22-15-4-2-3-14(11-15)13-20-7-9-21(10-8-20)17-5-6-19-12-16(17)18/h2-6,11-12H,7-10,13H2,1H3. The van der Waals surface area contributed by atoms with E-state index >= 15 is 0 Å². The molecule has 22 heavy (non-hydrogen) atoms. The second-order valence-corrected chi connectivity index (χ2v) is 5.44. The highest BCUT2D eigenvalue weighted by atomic mass is 19.1. The van der Waals surface area contributed by atoms with Gasteiger partial charge in [0.15, 0.2) is 5.82 Å². The van der Waals surface area contributed by atoms with E-state index in [1.165, 1.54) is 11.8 Å². The van der Waals surface area contributed by atoms with Crippen LogP contribution in [0.1, 0.15) is 5.56 Å². The molecule has 5 heteroatoms. The first-order valence-electron chi connectivity index (χ1n) is 7.46. The molecule has 1 saturated heterocycles. The van der Waals surface area contributed by atoms with E-state index in [0.29, 0.717) is 5.69 Å². The fourth-order valence-electron chi connectivity index (χ4n) is 2.80. The van der Waals surface area contributed by atoms with Crippen LogP contribution in [-0.2, 0) is 6.54 Å². The molecule has 0 radical (unpaired) electrons. The third-order valence-corrected chi connectivity index (χ3v) is 4.00. The van der Waals surface area contributed by atoms with Gasteiger partial charge < -0.3 is 9.64 Å². The first kappa shape index (κ1) is 14.8. The summed E-state index contributed by atoms with van der Waals surface area (Å²) >= 11 is 0. The van der Waals surface area contributed by atoms with Gasteiger partial charge in [0.25, 0.3) is 0 Å². The molecule has 0 N–H and O–H groups in total. The minimum Gasteiger partial charge on any atom is -0.497 e.